The predicted molar refractivity (Wildman–Crippen MR) is 122 cm³/mol. The predicted octanol–water partition coefficient (Wildman–Crippen LogP) is 3.95. The average molecular weight is 475 g/mol. The monoisotopic (exact) mass is 474 g/mol. The van der Waals surface area contributed by atoms with Crippen LogP contribution in [0.25, 0.3) is 16.6 Å². The third-order valence-corrected chi connectivity index (χ3v) is 6.89. The smallest absolute Gasteiger partial charge is 0.331 e. The van der Waals surface area contributed by atoms with E-state index < -0.39 is 17.0 Å². The summed E-state index contributed by atoms with van der Waals surface area (Å²) in [6.45, 7) is 0. The Balaban J connectivity index is 1.49. The van der Waals surface area contributed by atoms with Crippen molar-refractivity contribution in [2.45, 2.75) is 4.21 Å². The van der Waals surface area contributed by atoms with Crippen molar-refractivity contribution in [3.05, 3.63) is 75.6 Å². The second-order valence-electron chi connectivity index (χ2n) is 6.23. The van der Waals surface area contributed by atoms with E-state index in [9.17, 15) is 13.8 Å². The number of amides is 2. The summed E-state index contributed by atoms with van der Waals surface area (Å²) >= 11 is 6.94. The highest BCUT2D eigenvalue weighted by atomic mass is 35.5. The van der Waals surface area contributed by atoms with Crippen molar-refractivity contribution in [2.24, 2.45) is 0 Å². The van der Waals surface area contributed by atoms with Gasteiger partial charge < -0.3 is 10.1 Å². The van der Waals surface area contributed by atoms with Gasteiger partial charge in [-0.1, -0.05) is 11.6 Å². The van der Waals surface area contributed by atoms with Gasteiger partial charge in [0, 0.05) is 11.8 Å². The van der Waals surface area contributed by atoms with Crippen LogP contribution in [0.3, 0.4) is 0 Å². The molecule has 0 spiro atoms. The second-order valence-corrected chi connectivity index (χ2v) is 9.39. The first-order valence-electron chi connectivity index (χ1n) is 8.85. The summed E-state index contributed by atoms with van der Waals surface area (Å²) in [6, 6.07) is 14.2. The van der Waals surface area contributed by atoms with E-state index in [1.165, 1.54) is 10.9 Å². The number of thiophene rings is 1. The van der Waals surface area contributed by atoms with E-state index in [2.05, 4.69) is 15.0 Å². The Labute approximate surface area is 188 Å². The van der Waals surface area contributed by atoms with Crippen LogP contribution in [0.5, 0.6) is 5.75 Å². The molecular weight excluding hydrogens is 460 g/mol. The molecule has 0 saturated heterocycles. The molecule has 2 aromatic heterocycles. The number of carbonyl (C=O) groups is 1. The fourth-order valence-electron chi connectivity index (χ4n) is 2.81. The number of carbonyl (C=O) groups excluding carboxylic acids is 1. The normalized spacial score (nSPS) is 11.8. The lowest BCUT2D eigenvalue weighted by atomic mass is 10.2. The number of benzene rings is 2. The molecule has 0 aliphatic carbocycles. The number of anilines is 1. The number of nitrogens with zero attached hydrogens (tertiary/aromatic N) is 2. The summed E-state index contributed by atoms with van der Waals surface area (Å²) < 4.78 is 22.0. The van der Waals surface area contributed by atoms with Crippen molar-refractivity contribution in [3.63, 3.8) is 0 Å². The van der Waals surface area contributed by atoms with Crippen LogP contribution in [0.15, 0.2) is 69.9 Å². The second kappa shape index (κ2) is 8.88. The van der Waals surface area contributed by atoms with Gasteiger partial charge in [0.25, 0.3) is 5.56 Å². The van der Waals surface area contributed by atoms with E-state index in [4.69, 9.17) is 16.3 Å². The molecule has 4 rings (SSSR count). The Morgan fingerprint density at radius 2 is 1.94 bits per heavy atom. The summed E-state index contributed by atoms with van der Waals surface area (Å²) in [6.07, 6.45) is 1.44. The summed E-state index contributed by atoms with van der Waals surface area (Å²) in [4.78, 5) is 29.2. The van der Waals surface area contributed by atoms with Gasteiger partial charge in [-0.2, -0.15) is 0 Å². The Kier molecular flexibility index (Phi) is 6.03. The van der Waals surface area contributed by atoms with Gasteiger partial charge in [0.05, 0.1) is 28.0 Å². The zero-order valence-corrected chi connectivity index (χ0v) is 18.4. The number of halogens is 1. The Morgan fingerprint density at radius 3 is 2.61 bits per heavy atom. The fraction of sp³-hybridized carbons (Fsp3) is 0.0500. The number of rotatable bonds is 5. The van der Waals surface area contributed by atoms with Crippen molar-refractivity contribution in [1.82, 2.24) is 14.3 Å². The highest BCUT2D eigenvalue weighted by molar-refractivity contribution is 7.86. The van der Waals surface area contributed by atoms with E-state index in [1.54, 1.807) is 61.7 Å². The molecule has 2 heterocycles. The molecule has 31 heavy (non-hydrogen) atoms. The van der Waals surface area contributed by atoms with E-state index >= 15 is 0 Å². The standard InChI is InChI=1S/C20H15ClN4O4S2/c1-29-14-6-7-15-16(10-14)22-11-25(19(15)26)13-4-2-12(3-5-13)23-20(27)24-31(28)18-9-8-17(21)30-18/h2-11H,1H3,(H2,23,24,27). The van der Waals surface area contributed by atoms with Gasteiger partial charge >= 0.3 is 6.03 Å². The quantitative estimate of drug-likeness (QED) is 0.456. The third kappa shape index (κ3) is 4.61. The summed E-state index contributed by atoms with van der Waals surface area (Å²) in [5.41, 5.74) is 1.36. The van der Waals surface area contributed by atoms with Crippen molar-refractivity contribution in [3.8, 4) is 11.4 Å². The van der Waals surface area contributed by atoms with E-state index in [1.807, 2.05) is 0 Å². The topological polar surface area (TPSA) is 102 Å². The minimum Gasteiger partial charge on any atom is -0.497 e. The molecule has 0 bridgehead atoms. The van der Waals surface area contributed by atoms with Crippen LogP contribution in [0, 0.1) is 0 Å². The number of hydrogen-bond acceptors (Lipinski definition) is 6. The minimum atomic E-state index is -1.71. The van der Waals surface area contributed by atoms with Crippen LogP contribution in [0.1, 0.15) is 0 Å². The average Bonchev–Trinajstić information content (AvgIpc) is 3.21. The van der Waals surface area contributed by atoms with Crippen molar-refractivity contribution in [2.75, 3.05) is 12.4 Å². The summed E-state index contributed by atoms with van der Waals surface area (Å²) in [7, 11) is -0.161. The maximum Gasteiger partial charge on any atom is 0.331 e. The first-order valence-corrected chi connectivity index (χ1v) is 11.2. The SMILES string of the molecule is COc1ccc2c(=O)n(-c3ccc(NC(=O)NS(=O)c4ccc(Cl)s4)cc3)cnc2c1. The number of methoxy groups -OCH3 is 1. The van der Waals surface area contributed by atoms with Crippen molar-refractivity contribution in [1.29, 1.82) is 0 Å². The first-order chi connectivity index (χ1) is 14.9. The van der Waals surface area contributed by atoms with Crippen LogP contribution in [0.4, 0.5) is 10.5 Å². The largest absolute Gasteiger partial charge is 0.497 e. The van der Waals surface area contributed by atoms with Crippen LogP contribution >= 0.6 is 22.9 Å². The lowest BCUT2D eigenvalue weighted by Crippen LogP contribution is -2.30. The number of aromatic nitrogens is 2. The molecule has 4 aromatic rings. The molecule has 0 aliphatic rings. The molecule has 0 saturated carbocycles. The van der Waals surface area contributed by atoms with Gasteiger partial charge in [-0.3, -0.25) is 14.1 Å². The zero-order chi connectivity index (χ0) is 22.0. The third-order valence-electron chi connectivity index (χ3n) is 4.29. The maximum absolute atomic E-state index is 12.8. The zero-order valence-electron chi connectivity index (χ0n) is 16.0. The minimum absolute atomic E-state index is 0.226. The summed E-state index contributed by atoms with van der Waals surface area (Å²) in [5.74, 6) is 0.619. The molecule has 11 heteroatoms. The lowest BCUT2D eigenvalue weighted by molar-refractivity contribution is 0.257. The lowest BCUT2D eigenvalue weighted by Gasteiger charge is -2.10. The van der Waals surface area contributed by atoms with Gasteiger partial charge in [0.2, 0.25) is 0 Å². The number of hydrogen-bond donors (Lipinski definition) is 2. The highest BCUT2D eigenvalue weighted by Crippen LogP contribution is 2.23. The Morgan fingerprint density at radius 1 is 1.16 bits per heavy atom. The first kappa shape index (κ1) is 21.0. The molecule has 1 unspecified atom stereocenters. The van der Waals surface area contributed by atoms with Crippen LogP contribution < -0.4 is 20.3 Å². The fourth-order valence-corrected chi connectivity index (χ4v) is 4.93. The molecule has 158 valence electrons. The Bertz CT molecular complexity index is 1350. The van der Waals surface area contributed by atoms with Crippen LogP contribution in [-0.2, 0) is 11.0 Å². The number of ether oxygens (including phenoxy) is 1. The molecule has 2 amide bonds. The summed E-state index contributed by atoms with van der Waals surface area (Å²) in [5, 5.41) is 3.06. The number of urea groups is 1. The van der Waals surface area contributed by atoms with Gasteiger partial charge in [0.1, 0.15) is 16.3 Å². The maximum atomic E-state index is 12.8. The van der Waals surface area contributed by atoms with Gasteiger partial charge in [-0.05, 0) is 48.5 Å². The molecule has 0 radical (unpaired) electrons. The van der Waals surface area contributed by atoms with Gasteiger partial charge in [0.15, 0.2) is 11.0 Å². The van der Waals surface area contributed by atoms with Crippen molar-refractivity contribution >= 4 is 56.5 Å². The Hall–Kier alpha value is -3.21. The van der Waals surface area contributed by atoms with Gasteiger partial charge in [-0.15, -0.1) is 11.3 Å². The molecule has 0 fully saturated rings. The van der Waals surface area contributed by atoms with Gasteiger partial charge in [-0.25, -0.2) is 14.0 Å². The molecule has 0 aliphatic heterocycles. The van der Waals surface area contributed by atoms with E-state index in [0.29, 0.717) is 36.6 Å². The number of fused-ring (bicyclic) bond motifs is 1. The molecule has 1 atom stereocenters. The van der Waals surface area contributed by atoms with E-state index in [0.717, 1.165) is 11.3 Å². The molecular formula is C20H15ClN4O4S2. The molecule has 8 nitrogen and oxygen atoms in total. The highest BCUT2D eigenvalue weighted by Gasteiger charge is 2.12. The molecule has 2 aromatic carbocycles. The molecule has 2 N–H and O–H groups in total. The van der Waals surface area contributed by atoms with Crippen molar-refractivity contribution < 1.29 is 13.7 Å². The van der Waals surface area contributed by atoms with Crippen LogP contribution in [-0.4, -0.2) is 26.9 Å². The van der Waals surface area contributed by atoms with Crippen LogP contribution in [0.2, 0.25) is 4.34 Å². The van der Waals surface area contributed by atoms with E-state index in [-0.39, 0.29) is 5.56 Å². The number of nitrogens with one attached hydrogen (secondary N) is 2.